The molecule has 0 fully saturated rings. The summed E-state index contributed by atoms with van der Waals surface area (Å²) < 4.78 is 0. The van der Waals surface area contributed by atoms with E-state index in [4.69, 9.17) is 0 Å². The van der Waals surface area contributed by atoms with E-state index in [1.54, 1.807) is 11.3 Å². The lowest BCUT2D eigenvalue weighted by atomic mass is 10.0. The van der Waals surface area contributed by atoms with E-state index < -0.39 is 0 Å². The smallest absolute Gasteiger partial charge is 0.160 e. The molecule has 0 saturated heterocycles. The van der Waals surface area contributed by atoms with Crippen molar-refractivity contribution in [3.05, 3.63) is 46.3 Å². The average Bonchev–Trinajstić information content (AvgIpc) is 2.71. The van der Waals surface area contributed by atoms with Gasteiger partial charge < -0.3 is 0 Å². The molecule has 2 heteroatoms. The molecule has 0 spiro atoms. The van der Waals surface area contributed by atoms with Crippen molar-refractivity contribution in [3.63, 3.8) is 0 Å². The quantitative estimate of drug-likeness (QED) is 0.724. The van der Waals surface area contributed by atoms with Crippen LogP contribution in [0.1, 0.15) is 34.6 Å². The second kappa shape index (κ2) is 5.49. The molecule has 0 radical (unpaired) electrons. The molecular weight excluding hydrogens is 240 g/mol. The van der Waals surface area contributed by atoms with Crippen molar-refractivity contribution in [2.24, 2.45) is 5.92 Å². The summed E-state index contributed by atoms with van der Waals surface area (Å²) in [6, 6.07) is 10.8. The Morgan fingerprint density at radius 3 is 2.39 bits per heavy atom. The minimum absolute atomic E-state index is 0.682. The number of carbonyl (C=O) groups is 1. The lowest BCUT2D eigenvalue weighted by molar-refractivity contribution is 0.112. The van der Waals surface area contributed by atoms with Crippen LogP contribution in [0.4, 0.5) is 0 Å². The fourth-order valence-corrected chi connectivity index (χ4v) is 3.03. The van der Waals surface area contributed by atoms with Gasteiger partial charge >= 0.3 is 0 Å². The number of benzene rings is 1. The van der Waals surface area contributed by atoms with Gasteiger partial charge in [0.25, 0.3) is 0 Å². The predicted octanol–water partition coefficient (Wildman–Crippen LogP) is 4.73. The van der Waals surface area contributed by atoms with Gasteiger partial charge in [-0.1, -0.05) is 38.1 Å². The minimum Gasteiger partial charge on any atom is -0.297 e. The van der Waals surface area contributed by atoms with Crippen molar-refractivity contribution >= 4 is 17.6 Å². The third-order valence-corrected chi connectivity index (χ3v) is 4.16. The molecule has 0 N–H and O–H groups in total. The number of thiophene rings is 1. The second-order valence-electron chi connectivity index (χ2n) is 5.07. The Morgan fingerprint density at radius 1 is 1.22 bits per heavy atom. The lowest BCUT2D eigenvalue weighted by Gasteiger charge is -2.05. The summed E-state index contributed by atoms with van der Waals surface area (Å²) in [7, 11) is 0. The summed E-state index contributed by atoms with van der Waals surface area (Å²) in [4.78, 5) is 12.9. The van der Waals surface area contributed by atoms with Crippen molar-refractivity contribution in [1.29, 1.82) is 0 Å². The van der Waals surface area contributed by atoms with Gasteiger partial charge in [-0.15, -0.1) is 11.3 Å². The van der Waals surface area contributed by atoms with Crippen LogP contribution in [-0.4, -0.2) is 6.29 Å². The van der Waals surface area contributed by atoms with Crippen LogP contribution in [-0.2, 0) is 6.42 Å². The van der Waals surface area contributed by atoms with E-state index in [1.807, 2.05) is 6.92 Å². The molecule has 18 heavy (non-hydrogen) atoms. The van der Waals surface area contributed by atoms with Gasteiger partial charge in [-0.2, -0.15) is 0 Å². The monoisotopic (exact) mass is 258 g/mol. The predicted molar refractivity (Wildman–Crippen MR) is 78.4 cm³/mol. The first-order valence-electron chi connectivity index (χ1n) is 6.25. The van der Waals surface area contributed by atoms with E-state index in [2.05, 4.69) is 44.2 Å². The third-order valence-electron chi connectivity index (χ3n) is 2.95. The van der Waals surface area contributed by atoms with Crippen molar-refractivity contribution in [3.8, 4) is 10.4 Å². The number of hydrogen-bond donors (Lipinski definition) is 0. The van der Waals surface area contributed by atoms with Crippen molar-refractivity contribution in [1.82, 2.24) is 0 Å². The summed E-state index contributed by atoms with van der Waals surface area (Å²) >= 11 is 1.56. The molecule has 1 aromatic heterocycles. The van der Waals surface area contributed by atoms with E-state index in [1.165, 1.54) is 16.0 Å². The fraction of sp³-hybridized carbons (Fsp3) is 0.312. The van der Waals surface area contributed by atoms with Crippen LogP contribution in [0.2, 0.25) is 0 Å². The van der Waals surface area contributed by atoms with Gasteiger partial charge in [-0.25, -0.2) is 0 Å². The van der Waals surface area contributed by atoms with E-state index >= 15 is 0 Å². The Kier molecular flexibility index (Phi) is 3.97. The first-order chi connectivity index (χ1) is 8.60. The second-order valence-corrected chi connectivity index (χ2v) is 6.15. The number of aldehydes is 1. The highest BCUT2D eigenvalue weighted by molar-refractivity contribution is 7.17. The Hall–Kier alpha value is -1.41. The largest absolute Gasteiger partial charge is 0.297 e. The van der Waals surface area contributed by atoms with Crippen LogP contribution < -0.4 is 0 Å². The zero-order valence-electron chi connectivity index (χ0n) is 11.1. The van der Waals surface area contributed by atoms with E-state index in [0.29, 0.717) is 5.92 Å². The van der Waals surface area contributed by atoms with Gasteiger partial charge in [0.05, 0.1) is 4.88 Å². The summed E-state index contributed by atoms with van der Waals surface area (Å²) in [6.07, 6.45) is 2.06. The fourth-order valence-electron chi connectivity index (χ4n) is 2.03. The highest BCUT2D eigenvalue weighted by Crippen LogP contribution is 2.30. The molecule has 1 heterocycles. The van der Waals surface area contributed by atoms with Gasteiger partial charge in [0, 0.05) is 4.88 Å². The maximum absolute atomic E-state index is 10.9. The SMILES string of the molecule is Cc1cc(-c2ccc(CC(C)C)cc2)sc1C=O. The minimum atomic E-state index is 0.682. The van der Waals surface area contributed by atoms with Gasteiger partial charge in [-0.05, 0) is 42.0 Å². The normalized spacial score (nSPS) is 10.9. The van der Waals surface area contributed by atoms with E-state index in [0.717, 1.165) is 23.1 Å². The van der Waals surface area contributed by atoms with E-state index in [-0.39, 0.29) is 0 Å². The number of rotatable bonds is 4. The van der Waals surface area contributed by atoms with Gasteiger partial charge in [0.1, 0.15) is 0 Å². The van der Waals surface area contributed by atoms with Crippen LogP contribution in [0.15, 0.2) is 30.3 Å². The van der Waals surface area contributed by atoms with Crippen LogP contribution in [0.25, 0.3) is 10.4 Å². The van der Waals surface area contributed by atoms with Crippen LogP contribution in [0.5, 0.6) is 0 Å². The van der Waals surface area contributed by atoms with Gasteiger partial charge in [-0.3, -0.25) is 4.79 Å². The lowest BCUT2D eigenvalue weighted by Crippen LogP contribution is -1.93. The molecule has 0 atom stereocenters. The van der Waals surface area contributed by atoms with Crippen LogP contribution in [0.3, 0.4) is 0 Å². The maximum Gasteiger partial charge on any atom is 0.160 e. The molecule has 2 rings (SSSR count). The molecular formula is C16H18OS. The van der Waals surface area contributed by atoms with Crippen molar-refractivity contribution < 1.29 is 4.79 Å². The summed E-state index contributed by atoms with van der Waals surface area (Å²) in [5.74, 6) is 0.682. The van der Waals surface area contributed by atoms with Gasteiger partial charge in [0.2, 0.25) is 0 Å². The van der Waals surface area contributed by atoms with Crippen molar-refractivity contribution in [2.75, 3.05) is 0 Å². The third kappa shape index (κ3) is 2.88. The molecule has 0 unspecified atom stereocenters. The van der Waals surface area contributed by atoms with Gasteiger partial charge in [0.15, 0.2) is 6.29 Å². The first kappa shape index (κ1) is 13.0. The Labute approximate surface area is 112 Å². The molecule has 0 amide bonds. The Balaban J connectivity index is 2.25. The summed E-state index contributed by atoms with van der Waals surface area (Å²) in [6.45, 7) is 6.44. The Morgan fingerprint density at radius 2 is 1.89 bits per heavy atom. The number of carbonyl (C=O) groups excluding carboxylic acids is 1. The molecule has 2 aromatic rings. The molecule has 0 bridgehead atoms. The summed E-state index contributed by atoms with van der Waals surface area (Å²) in [5.41, 5.74) is 3.64. The molecule has 94 valence electrons. The molecule has 0 aliphatic rings. The van der Waals surface area contributed by atoms with E-state index in [9.17, 15) is 4.79 Å². The topological polar surface area (TPSA) is 17.1 Å². The average molecular weight is 258 g/mol. The first-order valence-corrected chi connectivity index (χ1v) is 7.06. The van der Waals surface area contributed by atoms with Crippen molar-refractivity contribution in [2.45, 2.75) is 27.2 Å². The molecule has 1 nitrogen and oxygen atoms in total. The molecule has 0 saturated carbocycles. The molecule has 1 aromatic carbocycles. The summed E-state index contributed by atoms with van der Waals surface area (Å²) in [5, 5.41) is 0. The highest BCUT2D eigenvalue weighted by atomic mass is 32.1. The zero-order valence-corrected chi connectivity index (χ0v) is 11.9. The molecule has 0 aliphatic carbocycles. The van der Waals surface area contributed by atoms with Crippen LogP contribution in [0, 0.1) is 12.8 Å². The number of aryl methyl sites for hydroxylation is 1. The standard InChI is InChI=1S/C16H18OS/c1-11(2)8-13-4-6-14(7-5-13)15-9-12(3)16(10-17)18-15/h4-7,9-11H,8H2,1-3H3. The number of hydrogen-bond acceptors (Lipinski definition) is 2. The molecule has 0 aliphatic heterocycles. The highest BCUT2D eigenvalue weighted by Gasteiger charge is 2.06. The zero-order chi connectivity index (χ0) is 13.1. The maximum atomic E-state index is 10.9. The Bertz CT molecular complexity index is 535. The van der Waals surface area contributed by atoms with Crippen LogP contribution >= 0.6 is 11.3 Å².